The molecule has 0 aromatic heterocycles. The van der Waals surface area contributed by atoms with Crippen molar-refractivity contribution >= 4 is 40.7 Å². The van der Waals surface area contributed by atoms with Crippen molar-refractivity contribution in [1.82, 2.24) is 0 Å². The molecule has 0 heterocycles. The van der Waals surface area contributed by atoms with Crippen LogP contribution in [0.15, 0.2) is 54.6 Å². The molecule has 0 saturated heterocycles. The number of ketones is 2. The smallest absolute Gasteiger partial charge is 0.340 e. The molecule has 0 unspecified atom stereocenters. The highest BCUT2D eigenvalue weighted by Gasteiger charge is 2.33. The van der Waals surface area contributed by atoms with Crippen molar-refractivity contribution < 1.29 is 23.5 Å². The molecular formula is C22H11Cl2FO4. The molecule has 0 bridgehead atoms. The van der Waals surface area contributed by atoms with Crippen molar-refractivity contribution in [2.75, 3.05) is 0 Å². The fourth-order valence-corrected chi connectivity index (χ4v) is 3.73. The number of ether oxygens (including phenoxy) is 1. The summed E-state index contributed by atoms with van der Waals surface area (Å²) >= 11 is 12.2. The summed E-state index contributed by atoms with van der Waals surface area (Å²) in [7, 11) is 0. The Morgan fingerprint density at radius 1 is 0.862 bits per heavy atom. The van der Waals surface area contributed by atoms with Gasteiger partial charge in [-0.05, 0) is 24.3 Å². The first-order valence-corrected chi connectivity index (χ1v) is 9.26. The van der Waals surface area contributed by atoms with E-state index in [1.165, 1.54) is 36.4 Å². The summed E-state index contributed by atoms with van der Waals surface area (Å²) in [4.78, 5) is 38.1. The van der Waals surface area contributed by atoms with Crippen LogP contribution in [0.3, 0.4) is 0 Å². The zero-order valence-electron chi connectivity index (χ0n) is 14.7. The van der Waals surface area contributed by atoms with E-state index >= 15 is 0 Å². The second-order valence-electron chi connectivity index (χ2n) is 6.33. The summed E-state index contributed by atoms with van der Waals surface area (Å²) in [6.45, 7) is -0.409. The van der Waals surface area contributed by atoms with Crippen LogP contribution in [0.5, 0.6) is 0 Å². The van der Waals surface area contributed by atoms with Gasteiger partial charge < -0.3 is 4.74 Å². The minimum Gasteiger partial charge on any atom is -0.457 e. The van der Waals surface area contributed by atoms with Crippen LogP contribution in [-0.4, -0.2) is 17.5 Å². The number of fused-ring (bicyclic) bond motifs is 2. The van der Waals surface area contributed by atoms with Crippen LogP contribution in [0, 0.1) is 5.82 Å². The average Bonchev–Trinajstić information content (AvgIpc) is 2.71. The summed E-state index contributed by atoms with van der Waals surface area (Å²) in [6.07, 6.45) is 0. The number of halogens is 3. The van der Waals surface area contributed by atoms with E-state index in [1.807, 2.05) is 0 Å². The van der Waals surface area contributed by atoms with E-state index in [9.17, 15) is 18.8 Å². The number of hydrogen-bond acceptors (Lipinski definition) is 4. The lowest BCUT2D eigenvalue weighted by atomic mass is 9.83. The summed E-state index contributed by atoms with van der Waals surface area (Å²) < 4.78 is 19.0. The van der Waals surface area contributed by atoms with Gasteiger partial charge in [0.1, 0.15) is 12.4 Å². The number of benzene rings is 3. The Labute approximate surface area is 174 Å². The minimum atomic E-state index is -0.865. The molecular weight excluding hydrogens is 418 g/mol. The highest BCUT2D eigenvalue weighted by molar-refractivity contribution is 6.41. The summed E-state index contributed by atoms with van der Waals surface area (Å²) in [5.74, 6) is -2.28. The third-order valence-corrected chi connectivity index (χ3v) is 5.41. The van der Waals surface area contributed by atoms with Gasteiger partial charge in [-0.2, -0.15) is 0 Å². The van der Waals surface area contributed by atoms with E-state index in [0.29, 0.717) is 0 Å². The van der Waals surface area contributed by atoms with Crippen molar-refractivity contribution in [2.24, 2.45) is 0 Å². The molecule has 0 amide bonds. The zero-order valence-corrected chi connectivity index (χ0v) is 16.2. The molecule has 7 heteroatoms. The molecule has 0 fully saturated rings. The molecule has 0 saturated carbocycles. The third-order valence-electron chi connectivity index (χ3n) is 4.66. The van der Waals surface area contributed by atoms with Gasteiger partial charge in [0.2, 0.25) is 0 Å². The fourth-order valence-electron chi connectivity index (χ4n) is 3.19. The van der Waals surface area contributed by atoms with Gasteiger partial charge in [0.25, 0.3) is 0 Å². The maximum atomic E-state index is 13.9. The van der Waals surface area contributed by atoms with Crippen molar-refractivity contribution in [2.45, 2.75) is 6.61 Å². The predicted molar refractivity (Wildman–Crippen MR) is 105 cm³/mol. The highest BCUT2D eigenvalue weighted by Crippen LogP contribution is 2.34. The summed E-state index contributed by atoms with van der Waals surface area (Å²) in [5, 5.41) is -0.0632. The monoisotopic (exact) mass is 428 g/mol. The Morgan fingerprint density at radius 2 is 1.55 bits per heavy atom. The minimum absolute atomic E-state index is 0.0248. The maximum Gasteiger partial charge on any atom is 0.340 e. The molecule has 3 aromatic carbocycles. The Hall–Kier alpha value is -3.02. The van der Waals surface area contributed by atoms with E-state index in [-0.39, 0.29) is 49.2 Å². The molecule has 0 atom stereocenters. The first-order chi connectivity index (χ1) is 13.9. The number of carbonyl (C=O) groups is 3. The van der Waals surface area contributed by atoms with Crippen LogP contribution in [0.4, 0.5) is 4.39 Å². The van der Waals surface area contributed by atoms with E-state index in [4.69, 9.17) is 27.9 Å². The molecule has 1 aliphatic carbocycles. The Morgan fingerprint density at radius 3 is 2.24 bits per heavy atom. The predicted octanol–water partition coefficient (Wildman–Crippen LogP) is 5.26. The second-order valence-corrected chi connectivity index (χ2v) is 7.12. The molecule has 29 heavy (non-hydrogen) atoms. The standard InChI is InChI=1S/C22H11Cl2FO4/c23-16-6-3-7-17(25)15(16)10-29-22(28)14-9-8-13-18(19(14)24)21(27)12-5-2-1-4-11(12)20(13)26/h1-9H,10H2. The molecule has 0 spiro atoms. The molecule has 4 nitrogen and oxygen atoms in total. The zero-order chi connectivity index (χ0) is 20.7. The van der Waals surface area contributed by atoms with Gasteiger partial charge in [-0.3, -0.25) is 9.59 Å². The normalized spacial score (nSPS) is 12.4. The SMILES string of the molecule is O=C(OCc1c(F)cccc1Cl)c1ccc2c(c1Cl)C(=O)c1ccccc1C2=O. The van der Waals surface area contributed by atoms with E-state index in [2.05, 4.69) is 0 Å². The molecule has 144 valence electrons. The van der Waals surface area contributed by atoms with Gasteiger partial charge in [-0.15, -0.1) is 0 Å². The lowest BCUT2D eigenvalue weighted by molar-refractivity contribution is 0.0469. The Balaban J connectivity index is 1.68. The average molecular weight is 429 g/mol. The van der Waals surface area contributed by atoms with Crippen LogP contribution in [0.1, 0.15) is 47.8 Å². The molecule has 1 aliphatic rings. The largest absolute Gasteiger partial charge is 0.457 e. The number of esters is 1. The van der Waals surface area contributed by atoms with Crippen LogP contribution < -0.4 is 0 Å². The first-order valence-electron chi connectivity index (χ1n) is 8.51. The molecule has 0 aliphatic heterocycles. The van der Waals surface area contributed by atoms with E-state index in [0.717, 1.165) is 0 Å². The van der Waals surface area contributed by atoms with Crippen LogP contribution in [0.25, 0.3) is 0 Å². The lowest BCUT2D eigenvalue weighted by Crippen LogP contribution is -2.22. The number of hydrogen-bond donors (Lipinski definition) is 0. The number of rotatable bonds is 3. The van der Waals surface area contributed by atoms with Gasteiger partial charge in [-0.1, -0.05) is 53.5 Å². The van der Waals surface area contributed by atoms with E-state index in [1.54, 1.807) is 18.2 Å². The first kappa shape index (κ1) is 19.3. The van der Waals surface area contributed by atoms with Gasteiger partial charge in [0, 0.05) is 22.3 Å². The fraction of sp³-hybridized carbons (Fsp3) is 0.0455. The quantitative estimate of drug-likeness (QED) is 0.417. The second kappa shape index (κ2) is 7.43. The Bertz CT molecular complexity index is 1180. The van der Waals surface area contributed by atoms with Crippen molar-refractivity contribution in [3.05, 3.63) is 104 Å². The molecule has 0 N–H and O–H groups in total. The van der Waals surface area contributed by atoms with Crippen molar-refractivity contribution in [3.63, 3.8) is 0 Å². The summed E-state index contributed by atoms with van der Waals surface area (Å²) in [6, 6.07) is 13.2. The molecule has 0 radical (unpaired) electrons. The highest BCUT2D eigenvalue weighted by atomic mass is 35.5. The topological polar surface area (TPSA) is 60.4 Å². The third kappa shape index (κ3) is 3.22. The van der Waals surface area contributed by atoms with Gasteiger partial charge in [0.05, 0.1) is 21.2 Å². The Kier molecular flexibility index (Phi) is 4.94. The van der Waals surface area contributed by atoms with Crippen molar-refractivity contribution in [3.8, 4) is 0 Å². The van der Waals surface area contributed by atoms with E-state index < -0.39 is 24.2 Å². The molecule has 3 aromatic rings. The summed E-state index contributed by atoms with van der Waals surface area (Å²) in [5.41, 5.74) is 0.498. The maximum absolute atomic E-state index is 13.9. The van der Waals surface area contributed by atoms with Gasteiger partial charge >= 0.3 is 5.97 Å². The van der Waals surface area contributed by atoms with Crippen LogP contribution in [0.2, 0.25) is 10.0 Å². The number of carbonyl (C=O) groups excluding carboxylic acids is 3. The van der Waals surface area contributed by atoms with Crippen LogP contribution in [-0.2, 0) is 11.3 Å². The van der Waals surface area contributed by atoms with Gasteiger partial charge in [0.15, 0.2) is 11.6 Å². The van der Waals surface area contributed by atoms with Gasteiger partial charge in [-0.25, -0.2) is 9.18 Å². The van der Waals surface area contributed by atoms with Crippen LogP contribution >= 0.6 is 23.2 Å². The van der Waals surface area contributed by atoms with Crippen molar-refractivity contribution in [1.29, 1.82) is 0 Å². The lowest BCUT2D eigenvalue weighted by Gasteiger charge is -2.19. The molecule has 4 rings (SSSR count).